The predicted molar refractivity (Wildman–Crippen MR) is 97.8 cm³/mol. The number of rotatable bonds is 6. The maximum absolute atomic E-state index is 12.2. The molecule has 2 rings (SSSR count). The summed E-state index contributed by atoms with van der Waals surface area (Å²) in [6.45, 7) is 1.07. The molecule has 1 aromatic heterocycles. The van der Waals surface area contributed by atoms with Crippen LogP contribution in [-0.4, -0.2) is 44.6 Å². The predicted octanol–water partition coefficient (Wildman–Crippen LogP) is 2.47. The van der Waals surface area contributed by atoms with Crippen LogP contribution in [0.5, 0.6) is 0 Å². The zero-order chi connectivity index (χ0) is 20.0. The lowest BCUT2D eigenvalue weighted by atomic mass is 9.95. The van der Waals surface area contributed by atoms with Gasteiger partial charge in [0.05, 0.1) is 25.7 Å². The summed E-state index contributed by atoms with van der Waals surface area (Å²) in [5, 5.41) is 2.64. The summed E-state index contributed by atoms with van der Waals surface area (Å²) in [5.41, 5.74) is 0.417. The Bertz CT molecular complexity index is 781. The third-order valence-electron chi connectivity index (χ3n) is 4.11. The van der Waals surface area contributed by atoms with E-state index in [0.717, 1.165) is 17.8 Å². The maximum Gasteiger partial charge on any atom is 0.348 e. The Labute approximate surface area is 160 Å². The fourth-order valence-corrected chi connectivity index (χ4v) is 3.79. The monoisotopic (exact) mass is 395 g/mol. The van der Waals surface area contributed by atoms with Gasteiger partial charge < -0.3 is 19.5 Å². The van der Waals surface area contributed by atoms with Crippen LogP contribution in [0.3, 0.4) is 0 Å². The molecule has 1 N–H and O–H groups in total. The molecule has 0 radical (unpaired) electrons. The SMILES string of the molecule is COC(=O)c1sc(NC(=O)COC(=O)[C@H]2CC=CCC2)c(C(=O)OC)c1C. The van der Waals surface area contributed by atoms with Crippen LogP contribution in [0.2, 0.25) is 0 Å². The first-order valence-electron chi connectivity index (χ1n) is 8.30. The Morgan fingerprint density at radius 1 is 1.15 bits per heavy atom. The highest BCUT2D eigenvalue weighted by atomic mass is 32.1. The number of hydrogen-bond acceptors (Lipinski definition) is 8. The van der Waals surface area contributed by atoms with E-state index in [4.69, 9.17) is 9.47 Å². The van der Waals surface area contributed by atoms with Gasteiger partial charge >= 0.3 is 17.9 Å². The summed E-state index contributed by atoms with van der Waals surface area (Å²) < 4.78 is 14.5. The molecule has 27 heavy (non-hydrogen) atoms. The number of nitrogens with one attached hydrogen (secondary N) is 1. The number of allylic oxidation sites excluding steroid dienone is 2. The minimum atomic E-state index is -0.694. The molecule has 1 aliphatic rings. The van der Waals surface area contributed by atoms with E-state index in [1.165, 1.54) is 14.2 Å². The van der Waals surface area contributed by atoms with E-state index >= 15 is 0 Å². The number of hydrogen-bond donors (Lipinski definition) is 1. The van der Waals surface area contributed by atoms with E-state index in [0.29, 0.717) is 18.4 Å². The van der Waals surface area contributed by atoms with Crippen molar-refractivity contribution < 1.29 is 33.4 Å². The normalized spacial score (nSPS) is 15.7. The summed E-state index contributed by atoms with van der Waals surface area (Å²) in [6.07, 6.45) is 6.01. The van der Waals surface area contributed by atoms with Crippen LogP contribution in [0.25, 0.3) is 0 Å². The zero-order valence-corrected chi connectivity index (χ0v) is 16.1. The molecule has 1 amide bonds. The van der Waals surface area contributed by atoms with Crippen LogP contribution in [0.1, 0.15) is 44.9 Å². The van der Waals surface area contributed by atoms with Crippen LogP contribution < -0.4 is 5.32 Å². The van der Waals surface area contributed by atoms with E-state index in [2.05, 4.69) is 10.1 Å². The third-order valence-corrected chi connectivity index (χ3v) is 5.30. The lowest BCUT2D eigenvalue weighted by molar-refractivity contribution is -0.151. The molecule has 0 aliphatic heterocycles. The molecule has 0 unspecified atom stereocenters. The van der Waals surface area contributed by atoms with Gasteiger partial charge in [-0.25, -0.2) is 9.59 Å². The Hall–Kier alpha value is -2.68. The summed E-state index contributed by atoms with van der Waals surface area (Å²) >= 11 is 0.896. The number of esters is 3. The standard InChI is InChI=1S/C18H21NO7S/c1-10-13(17(22)24-2)15(27-14(10)18(23)25-3)19-12(20)9-26-16(21)11-7-5-4-6-8-11/h4-5,11H,6-9H2,1-3H3,(H,19,20)/t11-/m0/s1. The quantitative estimate of drug-likeness (QED) is 0.448. The number of thiophene rings is 1. The van der Waals surface area contributed by atoms with Crippen molar-refractivity contribution in [2.75, 3.05) is 26.1 Å². The fourth-order valence-electron chi connectivity index (χ4n) is 2.66. The van der Waals surface area contributed by atoms with Crippen LogP contribution in [0.4, 0.5) is 5.00 Å². The van der Waals surface area contributed by atoms with Crippen molar-refractivity contribution >= 4 is 40.2 Å². The second kappa shape index (κ2) is 9.31. The molecule has 1 atom stereocenters. The lowest BCUT2D eigenvalue weighted by Gasteiger charge is -2.16. The van der Waals surface area contributed by atoms with Crippen molar-refractivity contribution in [2.45, 2.75) is 26.2 Å². The van der Waals surface area contributed by atoms with Gasteiger partial charge in [-0.2, -0.15) is 0 Å². The average molecular weight is 395 g/mol. The highest BCUT2D eigenvalue weighted by Crippen LogP contribution is 2.34. The Balaban J connectivity index is 2.07. The number of carbonyl (C=O) groups is 4. The molecule has 1 aliphatic carbocycles. The molecular formula is C18H21NO7S. The summed E-state index contributed by atoms with van der Waals surface area (Å²) in [6, 6.07) is 0. The van der Waals surface area contributed by atoms with Gasteiger partial charge in [0, 0.05) is 0 Å². The van der Waals surface area contributed by atoms with E-state index in [-0.39, 0.29) is 21.4 Å². The number of amides is 1. The first-order valence-corrected chi connectivity index (χ1v) is 9.12. The highest BCUT2D eigenvalue weighted by molar-refractivity contribution is 7.18. The van der Waals surface area contributed by atoms with Gasteiger partial charge in [-0.15, -0.1) is 11.3 Å². The van der Waals surface area contributed by atoms with Crippen LogP contribution in [-0.2, 0) is 23.8 Å². The van der Waals surface area contributed by atoms with Crippen molar-refractivity contribution in [3.05, 3.63) is 28.2 Å². The Morgan fingerprint density at radius 3 is 2.44 bits per heavy atom. The number of ether oxygens (including phenoxy) is 3. The molecule has 146 valence electrons. The van der Waals surface area contributed by atoms with Gasteiger partial charge in [0.2, 0.25) is 0 Å². The minimum absolute atomic E-state index is 0.0694. The summed E-state index contributed by atoms with van der Waals surface area (Å²) in [7, 11) is 2.42. The first-order chi connectivity index (χ1) is 12.9. The second-order valence-corrected chi connectivity index (χ2v) is 6.90. The van der Waals surface area contributed by atoms with Crippen molar-refractivity contribution in [2.24, 2.45) is 5.92 Å². The molecule has 0 saturated carbocycles. The van der Waals surface area contributed by atoms with Gasteiger partial charge in [-0.3, -0.25) is 9.59 Å². The second-order valence-electron chi connectivity index (χ2n) is 5.88. The molecule has 8 nitrogen and oxygen atoms in total. The van der Waals surface area contributed by atoms with E-state index < -0.39 is 30.4 Å². The van der Waals surface area contributed by atoms with Crippen molar-refractivity contribution in [1.29, 1.82) is 0 Å². The lowest BCUT2D eigenvalue weighted by Crippen LogP contribution is -2.25. The van der Waals surface area contributed by atoms with E-state index in [1.54, 1.807) is 6.92 Å². The number of carbonyl (C=O) groups excluding carboxylic acids is 4. The van der Waals surface area contributed by atoms with Gasteiger partial charge in [0.25, 0.3) is 5.91 Å². The third kappa shape index (κ3) is 4.94. The Kier molecular flexibility index (Phi) is 7.12. The number of anilines is 1. The zero-order valence-electron chi connectivity index (χ0n) is 15.3. The van der Waals surface area contributed by atoms with Gasteiger partial charge in [-0.05, 0) is 31.7 Å². The molecule has 0 fully saturated rings. The first kappa shape index (κ1) is 20.6. The summed E-state index contributed by atoms with van der Waals surface area (Å²) in [5.74, 6) is -2.61. The molecule has 0 bridgehead atoms. The minimum Gasteiger partial charge on any atom is -0.465 e. The van der Waals surface area contributed by atoms with E-state index in [9.17, 15) is 19.2 Å². The highest BCUT2D eigenvalue weighted by Gasteiger charge is 2.27. The van der Waals surface area contributed by atoms with Crippen molar-refractivity contribution in [3.63, 3.8) is 0 Å². The smallest absolute Gasteiger partial charge is 0.348 e. The number of methoxy groups -OCH3 is 2. The van der Waals surface area contributed by atoms with Crippen LogP contribution >= 0.6 is 11.3 Å². The maximum atomic E-state index is 12.2. The molecule has 9 heteroatoms. The molecule has 1 aromatic rings. The van der Waals surface area contributed by atoms with Gasteiger partial charge in [0.15, 0.2) is 6.61 Å². The topological polar surface area (TPSA) is 108 Å². The largest absolute Gasteiger partial charge is 0.465 e. The Morgan fingerprint density at radius 2 is 1.85 bits per heavy atom. The van der Waals surface area contributed by atoms with Gasteiger partial charge in [0.1, 0.15) is 9.88 Å². The molecular weight excluding hydrogens is 374 g/mol. The summed E-state index contributed by atoms with van der Waals surface area (Å²) in [4.78, 5) is 48.2. The average Bonchev–Trinajstić information content (AvgIpc) is 3.01. The van der Waals surface area contributed by atoms with Crippen LogP contribution in [0.15, 0.2) is 12.2 Å². The molecule has 0 spiro atoms. The van der Waals surface area contributed by atoms with Crippen LogP contribution in [0, 0.1) is 12.8 Å². The molecule has 0 aromatic carbocycles. The van der Waals surface area contributed by atoms with Crippen molar-refractivity contribution in [1.82, 2.24) is 0 Å². The van der Waals surface area contributed by atoms with E-state index in [1.807, 2.05) is 12.2 Å². The fraction of sp³-hybridized carbons (Fsp3) is 0.444. The molecule has 1 heterocycles. The molecule has 0 saturated heterocycles. The van der Waals surface area contributed by atoms with Crippen molar-refractivity contribution in [3.8, 4) is 0 Å². The van der Waals surface area contributed by atoms with Gasteiger partial charge in [-0.1, -0.05) is 12.2 Å².